The molecule has 1 rings (SSSR count). The van der Waals surface area contributed by atoms with E-state index in [0.29, 0.717) is 5.92 Å². The third-order valence-corrected chi connectivity index (χ3v) is 4.96. The van der Waals surface area contributed by atoms with Gasteiger partial charge in [-0.2, -0.15) is 0 Å². The van der Waals surface area contributed by atoms with Crippen molar-refractivity contribution in [3.8, 4) is 0 Å². The van der Waals surface area contributed by atoms with Crippen LogP contribution in [0.1, 0.15) is 33.1 Å². The summed E-state index contributed by atoms with van der Waals surface area (Å²) in [5, 5.41) is 3.33. The molecule has 0 bridgehead atoms. The molecule has 3 nitrogen and oxygen atoms in total. The van der Waals surface area contributed by atoms with E-state index >= 15 is 0 Å². The summed E-state index contributed by atoms with van der Waals surface area (Å²) < 4.78 is 22.8. The van der Waals surface area contributed by atoms with Crippen LogP contribution in [0.2, 0.25) is 0 Å². The Bertz CT molecular complexity index is 322. The van der Waals surface area contributed by atoms with Crippen molar-refractivity contribution in [1.29, 1.82) is 0 Å². The van der Waals surface area contributed by atoms with E-state index in [1.54, 1.807) is 6.92 Å². The van der Waals surface area contributed by atoms with Gasteiger partial charge in [0, 0.05) is 11.8 Å². The highest BCUT2D eigenvalue weighted by Gasteiger charge is 2.15. The van der Waals surface area contributed by atoms with Gasteiger partial charge in [-0.25, -0.2) is 8.42 Å². The van der Waals surface area contributed by atoms with Crippen LogP contribution in [0.4, 0.5) is 0 Å². The molecule has 0 radical (unpaired) electrons. The predicted molar refractivity (Wildman–Crippen MR) is 68.3 cm³/mol. The van der Waals surface area contributed by atoms with Crippen LogP contribution in [0.3, 0.4) is 0 Å². The molecule has 1 aliphatic rings. The molecule has 94 valence electrons. The van der Waals surface area contributed by atoms with E-state index in [-0.39, 0.29) is 17.5 Å². The second-order valence-corrected chi connectivity index (χ2v) is 7.06. The van der Waals surface area contributed by atoms with Gasteiger partial charge in [-0.05, 0) is 38.6 Å². The minimum atomic E-state index is -2.85. The summed E-state index contributed by atoms with van der Waals surface area (Å²) in [6.07, 6.45) is 7.95. The highest BCUT2D eigenvalue weighted by atomic mass is 32.2. The van der Waals surface area contributed by atoms with E-state index in [2.05, 4.69) is 17.5 Å². The fourth-order valence-corrected chi connectivity index (χ4v) is 3.08. The maximum Gasteiger partial charge on any atom is 0.151 e. The lowest BCUT2D eigenvalue weighted by Gasteiger charge is -2.21. The van der Waals surface area contributed by atoms with Gasteiger partial charge in [0.25, 0.3) is 0 Å². The smallest absolute Gasteiger partial charge is 0.151 e. The molecule has 4 heteroatoms. The summed E-state index contributed by atoms with van der Waals surface area (Å²) in [5.74, 6) is 1.17. The lowest BCUT2D eigenvalue weighted by atomic mass is 9.94. The van der Waals surface area contributed by atoms with Crippen LogP contribution >= 0.6 is 0 Å². The Hall–Kier alpha value is -0.350. The Morgan fingerprint density at radius 1 is 1.44 bits per heavy atom. The summed E-state index contributed by atoms with van der Waals surface area (Å²) >= 11 is 0. The van der Waals surface area contributed by atoms with Crippen molar-refractivity contribution in [2.75, 3.05) is 18.1 Å². The topological polar surface area (TPSA) is 46.2 Å². The zero-order valence-corrected chi connectivity index (χ0v) is 11.1. The van der Waals surface area contributed by atoms with Gasteiger partial charge in [-0.15, -0.1) is 0 Å². The second-order valence-electron chi connectivity index (χ2n) is 4.66. The molecule has 1 N–H and O–H groups in total. The highest BCUT2D eigenvalue weighted by Crippen LogP contribution is 2.17. The number of hydrogen-bond donors (Lipinski definition) is 1. The molecular weight excluding hydrogens is 222 g/mol. The maximum absolute atomic E-state index is 11.4. The zero-order valence-electron chi connectivity index (χ0n) is 10.3. The number of hydrogen-bond acceptors (Lipinski definition) is 3. The summed E-state index contributed by atoms with van der Waals surface area (Å²) in [5.41, 5.74) is 0. The van der Waals surface area contributed by atoms with Gasteiger partial charge < -0.3 is 5.32 Å². The van der Waals surface area contributed by atoms with Crippen molar-refractivity contribution in [3.05, 3.63) is 12.2 Å². The summed E-state index contributed by atoms with van der Waals surface area (Å²) in [7, 11) is -2.85. The molecule has 0 saturated carbocycles. The number of allylic oxidation sites excluding steroid dienone is 2. The Balaban J connectivity index is 2.24. The molecule has 0 heterocycles. The largest absolute Gasteiger partial charge is 0.313 e. The average molecular weight is 245 g/mol. The standard InChI is InChI=1S/C12H23NO2S/c1-3-16(14,15)10-11(2)13-9-12-7-5-4-6-8-12/h4-5,11-13H,3,6-10H2,1-2H3. The van der Waals surface area contributed by atoms with Crippen LogP contribution in [0.5, 0.6) is 0 Å². The van der Waals surface area contributed by atoms with E-state index in [0.717, 1.165) is 19.4 Å². The van der Waals surface area contributed by atoms with Crippen LogP contribution in [0, 0.1) is 5.92 Å². The Kier molecular flexibility index (Phi) is 5.49. The molecule has 0 aromatic rings. The SMILES string of the molecule is CCS(=O)(=O)CC(C)NCC1CC=CCC1. The van der Waals surface area contributed by atoms with Gasteiger partial charge in [-0.3, -0.25) is 0 Å². The number of rotatable bonds is 6. The normalized spacial score (nSPS) is 23.2. The first-order valence-corrected chi connectivity index (χ1v) is 7.94. The predicted octanol–water partition coefficient (Wildman–Crippen LogP) is 1.76. The monoisotopic (exact) mass is 245 g/mol. The summed E-state index contributed by atoms with van der Waals surface area (Å²) in [6.45, 7) is 4.59. The highest BCUT2D eigenvalue weighted by molar-refractivity contribution is 7.91. The van der Waals surface area contributed by atoms with Gasteiger partial charge in [0.05, 0.1) is 5.75 Å². The quantitative estimate of drug-likeness (QED) is 0.725. The lowest BCUT2D eigenvalue weighted by Crippen LogP contribution is -2.36. The van der Waals surface area contributed by atoms with Crippen molar-refractivity contribution < 1.29 is 8.42 Å². The number of sulfone groups is 1. The van der Waals surface area contributed by atoms with Crippen LogP contribution in [0.15, 0.2) is 12.2 Å². The van der Waals surface area contributed by atoms with E-state index < -0.39 is 9.84 Å². The molecule has 0 fully saturated rings. The molecule has 0 saturated heterocycles. The van der Waals surface area contributed by atoms with Crippen LogP contribution in [0.25, 0.3) is 0 Å². The Morgan fingerprint density at radius 3 is 2.75 bits per heavy atom. The molecule has 2 unspecified atom stereocenters. The van der Waals surface area contributed by atoms with Gasteiger partial charge in [0.15, 0.2) is 9.84 Å². The van der Waals surface area contributed by atoms with Gasteiger partial charge in [-0.1, -0.05) is 19.1 Å². The van der Waals surface area contributed by atoms with E-state index in [4.69, 9.17) is 0 Å². The molecule has 2 atom stereocenters. The van der Waals surface area contributed by atoms with Gasteiger partial charge >= 0.3 is 0 Å². The van der Waals surface area contributed by atoms with E-state index in [1.807, 2.05) is 6.92 Å². The Labute approximate surface area is 99.2 Å². The van der Waals surface area contributed by atoms with Gasteiger partial charge in [0.2, 0.25) is 0 Å². The maximum atomic E-state index is 11.4. The van der Waals surface area contributed by atoms with Crippen molar-refractivity contribution in [1.82, 2.24) is 5.32 Å². The van der Waals surface area contributed by atoms with Crippen molar-refractivity contribution in [2.45, 2.75) is 39.2 Å². The fourth-order valence-electron chi connectivity index (χ4n) is 1.97. The minimum Gasteiger partial charge on any atom is -0.313 e. The fraction of sp³-hybridized carbons (Fsp3) is 0.833. The molecule has 0 amide bonds. The van der Waals surface area contributed by atoms with E-state index in [9.17, 15) is 8.42 Å². The summed E-state index contributed by atoms with van der Waals surface area (Å²) in [6, 6.07) is 0.0656. The minimum absolute atomic E-state index is 0.0656. The van der Waals surface area contributed by atoms with Crippen LogP contribution < -0.4 is 5.32 Å². The van der Waals surface area contributed by atoms with Crippen molar-refractivity contribution in [3.63, 3.8) is 0 Å². The first-order valence-electron chi connectivity index (χ1n) is 6.12. The third kappa shape index (κ3) is 5.12. The van der Waals surface area contributed by atoms with Crippen molar-refractivity contribution in [2.24, 2.45) is 5.92 Å². The van der Waals surface area contributed by atoms with E-state index in [1.165, 1.54) is 6.42 Å². The first kappa shape index (κ1) is 13.7. The Morgan fingerprint density at radius 2 is 2.19 bits per heavy atom. The van der Waals surface area contributed by atoms with Crippen molar-refractivity contribution >= 4 is 9.84 Å². The zero-order chi connectivity index (χ0) is 12.0. The first-order chi connectivity index (χ1) is 7.53. The molecule has 0 spiro atoms. The second kappa shape index (κ2) is 6.40. The van der Waals surface area contributed by atoms with Crippen LogP contribution in [-0.2, 0) is 9.84 Å². The summed E-state index contributed by atoms with van der Waals surface area (Å²) in [4.78, 5) is 0. The molecule has 16 heavy (non-hydrogen) atoms. The molecule has 0 aromatic heterocycles. The lowest BCUT2D eigenvalue weighted by molar-refractivity contribution is 0.420. The molecule has 0 aromatic carbocycles. The number of nitrogens with one attached hydrogen (secondary N) is 1. The molecular formula is C12H23NO2S. The molecule has 1 aliphatic carbocycles. The average Bonchev–Trinajstić information content (AvgIpc) is 2.27. The van der Waals surface area contributed by atoms with Crippen LogP contribution in [-0.4, -0.2) is 32.5 Å². The van der Waals surface area contributed by atoms with Gasteiger partial charge in [0.1, 0.15) is 0 Å². The third-order valence-electron chi connectivity index (χ3n) is 3.08. The molecule has 0 aliphatic heterocycles.